The summed E-state index contributed by atoms with van der Waals surface area (Å²) >= 11 is 1.56. The fourth-order valence-corrected chi connectivity index (χ4v) is 5.48. The highest BCUT2D eigenvalue weighted by atomic mass is 32.2. The van der Waals surface area contributed by atoms with Gasteiger partial charge in [0.15, 0.2) is 0 Å². The summed E-state index contributed by atoms with van der Waals surface area (Å²) in [4.78, 5) is 39.3. The van der Waals surface area contributed by atoms with Crippen molar-refractivity contribution in [2.75, 3.05) is 6.61 Å². The van der Waals surface area contributed by atoms with E-state index in [1.165, 1.54) is 0 Å². The van der Waals surface area contributed by atoms with Crippen LogP contribution in [0.4, 0.5) is 0 Å². The van der Waals surface area contributed by atoms with E-state index in [9.17, 15) is 14.4 Å². The fraction of sp³-hybridized carbons (Fsp3) is 0.524. The van der Waals surface area contributed by atoms with E-state index in [4.69, 9.17) is 10.00 Å². The molecule has 1 aromatic carbocycles. The minimum atomic E-state index is -0.655. The van der Waals surface area contributed by atoms with Gasteiger partial charge < -0.3 is 9.64 Å². The minimum absolute atomic E-state index is 0.0325. The molecule has 2 saturated heterocycles. The van der Waals surface area contributed by atoms with Crippen molar-refractivity contribution in [1.29, 1.82) is 5.26 Å². The maximum Gasteiger partial charge on any atom is 0.330 e. The van der Waals surface area contributed by atoms with E-state index >= 15 is 0 Å². The molecular weight excluding hydrogens is 376 g/mol. The van der Waals surface area contributed by atoms with Crippen LogP contribution in [0, 0.1) is 17.2 Å². The van der Waals surface area contributed by atoms with Gasteiger partial charge in [0, 0.05) is 24.0 Å². The number of esters is 1. The smallest absolute Gasteiger partial charge is 0.330 e. The van der Waals surface area contributed by atoms with Gasteiger partial charge in [-0.25, -0.2) is 4.79 Å². The van der Waals surface area contributed by atoms with Crippen LogP contribution in [0.15, 0.2) is 30.3 Å². The molecule has 3 rings (SSSR count). The number of Topliss-reactive ketones (excluding diaryl/α,β-unsaturated/α-hetero) is 1. The Kier molecular flexibility index (Phi) is 6.09. The number of ether oxygens (including phenoxy) is 1. The highest BCUT2D eigenvalue weighted by Gasteiger charge is 2.64. The van der Waals surface area contributed by atoms with E-state index in [-0.39, 0.29) is 36.0 Å². The quantitative estimate of drug-likeness (QED) is 0.379. The molecule has 0 aromatic heterocycles. The topological polar surface area (TPSA) is 87.5 Å². The number of hydrogen-bond acceptors (Lipinski definition) is 6. The van der Waals surface area contributed by atoms with Gasteiger partial charge in [-0.1, -0.05) is 30.3 Å². The van der Waals surface area contributed by atoms with Gasteiger partial charge >= 0.3 is 5.97 Å². The number of rotatable bonds is 8. The molecule has 2 aliphatic rings. The average molecular weight is 401 g/mol. The number of unbranched alkanes of at least 4 members (excludes halogenated alkanes) is 1. The number of nitriles is 1. The largest absolute Gasteiger partial charge is 0.464 e. The van der Waals surface area contributed by atoms with Crippen molar-refractivity contribution < 1.29 is 19.1 Å². The summed E-state index contributed by atoms with van der Waals surface area (Å²) in [7, 11) is 0. The first-order valence-electron chi connectivity index (χ1n) is 9.44. The summed E-state index contributed by atoms with van der Waals surface area (Å²) in [5, 5.41) is 8.40. The fourth-order valence-electron chi connectivity index (χ4n) is 3.80. The normalized spacial score (nSPS) is 24.8. The van der Waals surface area contributed by atoms with Gasteiger partial charge in [-0.15, -0.1) is 11.8 Å². The number of benzene rings is 1. The molecule has 7 heteroatoms. The molecule has 1 aromatic rings. The number of nitrogens with zero attached hydrogens (tertiary/aromatic N) is 2. The van der Waals surface area contributed by atoms with Crippen molar-refractivity contribution in [3.8, 4) is 6.07 Å². The van der Waals surface area contributed by atoms with Crippen LogP contribution in [0.5, 0.6) is 0 Å². The van der Waals surface area contributed by atoms with Gasteiger partial charge in [0.1, 0.15) is 11.8 Å². The van der Waals surface area contributed by atoms with E-state index in [2.05, 4.69) is 0 Å². The molecule has 0 saturated carbocycles. The molecule has 6 nitrogen and oxygen atoms in total. The zero-order valence-corrected chi connectivity index (χ0v) is 16.9. The Morgan fingerprint density at radius 2 is 2.00 bits per heavy atom. The first-order valence-corrected chi connectivity index (χ1v) is 10.3. The van der Waals surface area contributed by atoms with Gasteiger partial charge in [0.05, 0.1) is 24.0 Å². The molecule has 0 N–H and O–H groups in total. The third kappa shape index (κ3) is 4.07. The lowest BCUT2D eigenvalue weighted by Crippen LogP contribution is -2.63. The molecule has 0 radical (unpaired) electrons. The number of ketones is 1. The van der Waals surface area contributed by atoms with Crippen LogP contribution in [0.2, 0.25) is 0 Å². The Morgan fingerprint density at radius 3 is 2.68 bits per heavy atom. The third-order valence-corrected chi connectivity index (χ3v) is 6.77. The van der Waals surface area contributed by atoms with Crippen molar-refractivity contribution in [2.45, 2.75) is 55.7 Å². The second-order valence-electron chi connectivity index (χ2n) is 7.70. The number of carbonyl (C=O) groups is 3. The molecule has 0 unspecified atom stereocenters. The average Bonchev–Trinajstić information content (AvgIpc) is 2.92. The molecule has 3 atom stereocenters. The molecule has 2 heterocycles. The van der Waals surface area contributed by atoms with Gasteiger partial charge in [-0.3, -0.25) is 9.59 Å². The second kappa shape index (κ2) is 8.36. The Labute approximate surface area is 169 Å². The lowest BCUT2D eigenvalue weighted by atomic mass is 9.87. The first kappa shape index (κ1) is 20.4. The molecule has 28 heavy (non-hydrogen) atoms. The summed E-state index contributed by atoms with van der Waals surface area (Å²) in [6.07, 6.45) is 1.32. The summed E-state index contributed by atoms with van der Waals surface area (Å²) in [6, 6.07) is 10.8. The monoisotopic (exact) mass is 400 g/mol. The number of fused-ring (bicyclic) bond motifs is 1. The van der Waals surface area contributed by atoms with E-state index in [0.29, 0.717) is 19.3 Å². The van der Waals surface area contributed by atoms with E-state index in [1.807, 2.05) is 50.2 Å². The molecule has 2 aliphatic heterocycles. The Bertz CT molecular complexity index is 802. The van der Waals surface area contributed by atoms with Gasteiger partial charge in [-0.05, 0) is 25.8 Å². The Balaban J connectivity index is 1.60. The van der Waals surface area contributed by atoms with Crippen LogP contribution in [0.25, 0.3) is 0 Å². The van der Waals surface area contributed by atoms with Crippen molar-refractivity contribution in [3.05, 3.63) is 35.9 Å². The number of carbonyl (C=O) groups excluding carboxylic acids is 3. The van der Waals surface area contributed by atoms with E-state index in [0.717, 1.165) is 5.56 Å². The number of amides is 1. The molecule has 148 valence electrons. The van der Waals surface area contributed by atoms with Gasteiger partial charge in [-0.2, -0.15) is 5.26 Å². The van der Waals surface area contributed by atoms with Crippen molar-refractivity contribution >= 4 is 29.4 Å². The number of β-lactam (4-membered cyclic amide) rings is 1. The molecule has 0 bridgehead atoms. The van der Waals surface area contributed by atoms with E-state index < -0.39 is 16.8 Å². The second-order valence-corrected chi connectivity index (χ2v) is 9.47. The van der Waals surface area contributed by atoms with Crippen LogP contribution in [-0.2, 0) is 25.5 Å². The van der Waals surface area contributed by atoms with Crippen LogP contribution in [-0.4, -0.2) is 45.3 Å². The summed E-state index contributed by atoms with van der Waals surface area (Å²) in [5.41, 5.74) is 0.939. The summed E-state index contributed by atoms with van der Waals surface area (Å²) < 4.78 is 4.81. The zero-order chi connectivity index (χ0) is 20.3. The lowest BCUT2D eigenvalue weighted by molar-refractivity contribution is -0.167. The first-order chi connectivity index (χ1) is 13.3. The van der Waals surface area contributed by atoms with Crippen LogP contribution < -0.4 is 0 Å². The molecule has 0 aliphatic carbocycles. The van der Waals surface area contributed by atoms with Crippen LogP contribution in [0.1, 0.15) is 38.7 Å². The van der Waals surface area contributed by atoms with Crippen molar-refractivity contribution in [1.82, 2.24) is 4.90 Å². The zero-order valence-electron chi connectivity index (χ0n) is 16.1. The maximum absolute atomic E-state index is 12.7. The Hall–Kier alpha value is -2.33. The maximum atomic E-state index is 12.7. The molecule has 0 spiro atoms. The molecule has 2 fully saturated rings. The van der Waals surface area contributed by atoms with Crippen LogP contribution in [0.3, 0.4) is 0 Å². The lowest BCUT2D eigenvalue weighted by Gasteiger charge is -2.43. The standard InChI is InChI=1S/C21H24N2O4S/c1-21(2)17(20(26)27-11-7-6-10-22)23-18(25)16(19(23)28-21)13-15(24)12-14-8-4-3-5-9-14/h3-5,8-9,16-17,19H,6-7,11-13H2,1-2H3/t16-,17+,19-/m1/s1. The predicted molar refractivity (Wildman–Crippen MR) is 105 cm³/mol. The SMILES string of the molecule is CC1(C)S[C@@H]2[C@H](CC(=O)Cc3ccccc3)C(=O)N2[C@H]1C(=O)OCCCC#N. The number of thioether (sulfide) groups is 1. The third-order valence-electron chi connectivity index (χ3n) is 5.14. The Morgan fingerprint density at radius 1 is 1.29 bits per heavy atom. The van der Waals surface area contributed by atoms with Crippen molar-refractivity contribution in [2.24, 2.45) is 5.92 Å². The number of hydrogen-bond donors (Lipinski definition) is 0. The van der Waals surface area contributed by atoms with E-state index in [1.54, 1.807) is 16.7 Å². The van der Waals surface area contributed by atoms with Gasteiger partial charge in [0.25, 0.3) is 0 Å². The molecular formula is C21H24N2O4S. The van der Waals surface area contributed by atoms with Crippen LogP contribution >= 0.6 is 11.8 Å². The van der Waals surface area contributed by atoms with Gasteiger partial charge in [0.2, 0.25) is 5.91 Å². The minimum Gasteiger partial charge on any atom is -0.464 e. The molecule has 1 amide bonds. The highest BCUT2D eigenvalue weighted by molar-refractivity contribution is 8.01. The summed E-state index contributed by atoms with van der Waals surface area (Å²) in [5.74, 6) is -0.925. The van der Waals surface area contributed by atoms with Crippen molar-refractivity contribution in [3.63, 3.8) is 0 Å². The highest BCUT2D eigenvalue weighted by Crippen LogP contribution is 2.54. The predicted octanol–water partition coefficient (Wildman–Crippen LogP) is 2.71. The summed E-state index contributed by atoms with van der Waals surface area (Å²) in [6.45, 7) is 4.02.